The van der Waals surface area contributed by atoms with Gasteiger partial charge >= 0.3 is 0 Å². The summed E-state index contributed by atoms with van der Waals surface area (Å²) in [6, 6.07) is 11.9. The molecule has 0 aliphatic carbocycles. The van der Waals surface area contributed by atoms with Crippen LogP contribution in [-0.2, 0) is 10.0 Å². The SMILES string of the molecule is CSc1ccccc1NS(=O)(=O)c1ccc(Br)cc1N. The van der Waals surface area contributed by atoms with Crippen molar-refractivity contribution in [3.05, 3.63) is 46.9 Å². The van der Waals surface area contributed by atoms with Gasteiger partial charge in [0, 0.05) is 9.37 Å². The van der Waals surface area contributed by atoms with Crippen molar-refractivity contribution in [1.82, 2.24) is 0 Å². The Labute approximate surface area is 130 Å². The predicted octanol–water partition coefficient (Wildman–Crippen LogP) is 3.55. The van der Waals surface area contributed by atoms with E-state index in [-0.39, 0.29) is 10.6 Å². The Morgan fingerprint density at radius 1 is 1.20 bits per heavy atom. The summed E-state index contributed by atoms with van der Waals surface area (Å²) >= 11 is 4.73. The molecule has 0 spiro atoms. The van der Waals surface area contributed by atoms with Gasteiger partial charge in [-0.3, -0.25) is 4.72 Å². The van der Waals surface area contributed by atoms with E-state index in [9.17, 15) is 8.42 Å². The van der Waals surface area contributed by atoms with Gasteiger partial charge in [-0.05, 0) is 36.6 Å². The van der Waals surface area contributed by atoms with Gasteiger partial charge in [0.2, 0.25) is 0 Å². The molecule has 4 nitrogen and oxygen atoms in total. The second-order valence-corrected chi connectivity index (χ2v) is 7.40. The molecule has 106 valence electrons. The number of anilines is 2. The van der Waals surface area contributed by atoms with E-state index in [1.54, 1.807) is 24.3 Å². The summed E-state index contributed by atoms with van der Waals surface area (Å²) in [5.74, 6) is 0. The van der Waals surface area contributed by atoms with E-state index >= 15 is 0 Å². The summed E-state index contributed by atoms with van der Waals surface area (Å²) in [5, 5.41) is 0. The van der Waals surface area contributed by atoms with Gasteiger partial charge in [-0.1, -0.05) is 28.1 Å². The Morgan fingerprint density at radius 3 is 2.55 bits per heavy atom. The van der Waals surface area contributed by atoms with Crippen LogP contribution in [0.3, 0.4) is 0 Å². The molecule has 2 aromatic carbocycles. The van der Waals surface area contributed by atoms with Crippen LogP contribution in [0.5, 0.6) is 0 Å². The largest absolute Gasteiger partial charge is 0.398 e. The third-order valence-corrected chi connectivity index (χ3v) is 5.34. The molecule has 0 amide bonds. The molecule has 2 rings (SSSR count). The van der Waals surface area contributed by atoms with Gasteiger partial charge in [0.1, 0.15) is 4.90 Å². The summed E-state index contributed by atoms with van der Waals surface area (Å²) in [6.45, 7) is 0. The molecule has 0 aliphatic heterocycles. The highest BCUT2D eigenvalue weighted by atomic mass is 79.9. The van der Waals surface area contributed by atoms with E-state index in [1.165, 1.54) is 17.8 Å². The minimum Gasteiger partial charge on any atom is -0.398 e. The van der Waals surface area contributed by atoms with Gasteiger partial charge in [-0.15, -0.1) is 11.8 Å². The minimum absolute atomic E-state index is 0.0663. The van der Waals surface area contributed by atoms with Crippen molar-refractivity contribution in [2.45, 2.75) is 9.79 Å². The van der Waals surface area contributed by atoms with Gasteiger partial charge < -0.3 is 5.73 Å². The van der Waals surface area contributed by atoms with E-state index in [0.29, 0.717) is 5.69 Å². The lowest BCUT2D eigenvalue weighted by atomic mass is 10.3. The Hall–Kier alpha value is -1.18. The van der Waals surface area contributed by atoms with Crippen LogP contribution in [0.15, 0.2) is 56.7 Å². The lowest BCUT2D eigenvalue weighted by Crippen LogP contribution is -2.15. The molecular weight excluding hydrogens is 360 g/mol. The van der Waals surface area contributed by atoms with Crippen LogP contribution in [0.2, 0.25) is 0 Å². The summed E-state index contributed by atoms with van der Waals surface area (Å²) in [6.07, 6.45) is 1.89. The summed E-state index contributed by atoms with van der Waals surface area (Å²) < 4.78 is 28.1. The van der Waals surface area contributed by atoms with E-state index < -0.39 is 10.0 Å². The topological polar surface area (TPSA) is 72.2 Å². The maximum absolute atomic E-state index is 12.4. The molecular formula is C13H13BrN2O2S2. The molecule has 0 radical (unpaired) electrons. The van der Waals surface area contributed by atoms with Gasteiger partial charge in [0.15, 0.2) is 0 Å². The predicted molar refractivity (Wildman–Crippen MR) is 87.6 cm³/mol. The minimum atomic E-state index is -3.70. The number of hydrogen-bond donors (Lipinski definition) is 2. The first kappa shape index (κ1) is 15.2. The van der Waals surface area contributed by atoms with E-state index in [0.717, 1.165) is 9.37 Å². The van der Waals surface area contributed by atoms with Gasteiger partial charge in [-0.2, -0.15) is 0 Å². The van der Waals surface area contributed by atoms with Crippen LogP contribution >= 0.6 is 27.7 Å². The summed E-state index contributed by atoms with van der Waals surface area (Å²) in [5.41, 5.74) is 6.52. The smallest absolute Gasteiger partial charge is 0.263 e. The van der Waals surface area contributed by atoms with Crippen LogP contribution in [0.25, 0.3) is 0 Å². The van der Waals surface area contributed by atoms with E-state index in [1.807, 2.05) is 18.4 Å². The zero-order chi connectivity index (χ0) is 14.8. The number of rotatable bonds is 4. The van der Waals surface area contributed by atoms with Gasteiger partial charge in [0.05, 0.1) is 11.4 Å². The third kappa shape index (κ3) is 3.28. The monoisotopic (exact) mass is 372 g/mol. The highest BCUT2D eigenvalue weighted by Gasteiger charge is 2.18. The molecule has 0 heterocycles. The number of para-hydroxylation sites is 1. The Bertz CT molecular complexity index is 733. The Balaban J connectivity index is 2.41. The number of hydrogen-bond acceptors (Lipinski definition) is 4. The average Bonchev–Trinajstić information content (AvgIpc) is 2.38. The van der Waals surface area contributed by atoms with Crippen LogP contribution in [0.1, 0.15) is 0 Å². The number of benzene rings is 2. The normalized spacial score (nSPS) is 11.3. The second-order valence-electron chi connectivity index (χ2n) is 3.99. The second kappa shape index (κ2) is 6.07. The van der Waals surface area contributed by atoms with E-state index in [2.05, 4.69) is 20.7 Å². The van der Waals surface area contributed by atoms with Crippen molar-refractivity contribution in [1.29, 1.82) is 0 Å². The van der Waals surface area contributed by atoms with Crippen LogP contribution in [0, 0.1) is 0 Å². The first-order valence-corrected chi connectivity index (χ1v) is 9.15. The standard InChI is InChI=1S/C13H13BrN2O2S2/c1-19-12-5-3-2-4-11(12)16-20(17,18)13-7-6-9(14)8-10(13)15/h2-8,16H,15H2,1H3. The molecule has 2 aromatic rings. The maximum Gasteiger partial charge on any atom is 0.263 e. The van der Waals surface area contributed by atoms with Crippen molar-refractivity contribution in [2.24, 2.45) is 0 Å². The highest BCUT2D eigenvalue weighted by Crippen LogP contribution is 2.29. The number of nitrogens with two attached hydrogens (primary N) is 1. The number of thioether (sulfide) groups is 1. The molecule has 0 bridgehead atoms. The zero-order valence-electron chi connectivity index (χ0n) is 10.6. The molecule has 0 fully saturated rings. The lowest BCUT2D eigenvalue weighted by Gasteiger charge is -2.12. The summed E-state index contributed by atoms with van der Waals surface area (Å²) in [7, 11) is -3.70. The molecule has 0 saturated carbocycles. The van der Waals surface area contributed by atoms with E-state index in [4.69, 9.17) is 5.73 Å². The highest BCUT2D eigenvalue weighted by molar-refractivity contribution is 9.10. The molecule has 0 atom stereocenters. The molecule has 0 saturated heterocycles. The molecule has 0 aliphatic rings. The lowest BCUT2D eigenvalue weighted by molar-refractivity contribution is 0.601. The van der Waals surface area contributed by atoms with Gasteiger partial charge in [0.25, 0.3) is 10.0 Å². The number of halogens is 1. The average molecular weight is 373 g/mol. The molecule has 20 heavy (non-hydrogen) atoms. The van der Waals surface area contributed by atoms with Crippen molar-refractivity contribution in [2.75, 3.05) is 16.7 Å². The fraction of sp³-hybridized carbons (Fsp3) is 0.0769. The first-order chi connectivity index (χ1) is 9.44. The van der Waals surface area contributed by atoms with Gasteiger partial charge in [-0.25, -0.2) is 8.42 Å². The molecule has 3 N–H and O–H groups in total. The van der Waals surface area contributed by atoms with Crippen molar-refractivity contribution >= 4 is 49.1 Å². The van der Waals surface area contributed by atoms with Crippen LogP contribution in [0.4, 0.5) is 11.4 Å². The Kier molecular flexibility index (Phi) is 4.62. The van der Waals surface area contributed by atoms with Crippen LogP contribution < -0.4 is 10.5 Å². The summed E-state index contributed by atoms with van der Waals surface area (Å²) in [4.78, 5) is 0.920. The van der Waals surface area contributed by atoms with Crippen molar-refractivity contribution in [3.63, 3.8) is 0 Å². The molecule has 0 aromatic heterocycles. The number of nitrogen functional groups attached to an aromatic ring is 1. The number of sulfonamides is 1. The number of nitrogens with one attached hydrogen (secondary N) is 1. The van der Waals surface area contributed by atoms with Crippen molar-refractivity contribution < 1.29 is 8.42 Å². The zero-order valence-corrected chi connectivity index (χ0v) is 13.8. The molecule has 0 unspecified atom stereocenters. The fourth-order valence-electron chi connectivity index (χ4n) is 1.69. The van der Waals surface area contributed by atoms with Crippen molar-refractivity contribution in [3.8, 4) is 0 Å². The Morgan fingerprint density at radius 2 is 1.90 bits per heavy atom. The quantitative estimate of drug-likeness (QED) is 0.635. The van der Waals surface area contributed by atoms with Crippen LogP contribution in [-0.4, -0.2) is 14.7 Å². The first-order valence-electron chi connectivity index (χ1n) is 5.65. The third-order valence-electron chi connectivity index (χ3n) is 2.61. The fourth-order valence-corrected chi connectivity index (χ4v) is 3.88. The molecule has 7 heteroatoms. The maximum atomic E-state index is 12.4.